The van der Waals surface area contributed by atoms with Crippen LogP contribution in [0.5, 0.6) is 0 Å². The van der Waals surface area contributed by atoms with Gasteiger partial charge in [0.15, 0.2) is 12.6 Å². The van der Waals surface area contributed by atoms with Crippen LogP contribution in [0.25, 0.3) is 0 Å². The molecule has 0 spiro atoms. The van der Waals surface area contributed by atoms with Crippen LogP contribution in [-0.4, -0.2) is 49.5 Å². The highest BCUT2D eigenvalue weighted by atomic mass is 16.7. The van der Waals surface area contributed by atoms with Crippen LogP contribution in [0, 0.1) is 0 Å². The van der Waals surface area contributed by atoms with Crippen LogP contribution >= 0.6 is 0 Å². The van der Waals surface area contributed by atoms with Gasteiger partial charge in [-0.2, -0.15) is 0 Å². The molecule has 4 rings (SSSR count). The van der Waals surface area contributed by atoms with Crippen LogP contribution in [0.3, 0.4) is 0 Å². The molecule has 2 aromatic carbocycles. The van der Waals surface area contributed by atoms with Crippen molar-refractivity contribution in [1.82, 2.24) is 5.32 Å². The normalized spacial score (nSPS) is 33.4. The third-order valence-corrected chi connectivity index (χ3v) is 5.05. The zero-order valence-electron chi connectivity index (χ0n) is 15.2. The highest BCUT2D eigenvalue weighted by Gasteiger charge is 2.49. The Bertz CT molecular complexity index is 707. The summed E-state index contributed by atoms with van der Waals surface area (Å²) in [6.07, 6.45) is -2.75. The van der Waals surface area contributed by atoms with Crippen molar-refractivity contribution in [2.45, 2.75) is 43.5 Å². The van der Waals surface area contributed by atoms with Crippen molar-refractivity contribution < 1.29 is 24.1 Å². The van der Waals surface area contributed by atoms with Gasteiger partial charge in [-0.1, -0.05) is 60.7 Å². The summed E-state index contributed by atoms with van der Waals surface area (Å²) >= 11 is 0. The first-order chi connectivity index (χ1) is 13.3. The van der Waals surface area contributed by atoms with Crippen LogP contribution in [0.2, 0.25) is 0 Å². The van der Waals surface area contributed by atoms with E-state index in [4.69, 9.17) is 18.9 Å². The highest BCUT2D eigenvalue weighted by Crippen LogP contribution is 2.34. The standard InChI is InChI=1S/C21H25NO5/c1-24-21-17(22-12-14-8-4-2-5-9-14)18(23)19-16(26-21)13-25-20(27-19)15-10-6-3-7-11-15/h2-11,16-23H,12-13H2,1H3. The minimum absolute atomic E-state index is 0.340. The van der Waals surface area contributed by atoms with E-state index in [1.165, 1.54) is 0 Å². The largest absolute Gasteiger partial charge is 0.388 e. The van der Waals surface area contributed by atoms with Gasteiger partial charge in [0.2, 0.25) is 0 Å². The SMILES string of the molecule is COC1OC2COC(c3ccccc3)OC2C(O)C1NCc1ccccc1. The number of hydrogen-bond acceptors (Lipinski definition) is 6. The summed E-state index contributed by atoms with van der Waals surface area (Å²) < 4.78 is 23.3. The Labute approximate surface area is 159 Å². The van der Waals surface area contributed by atoms with E-state index in [9.17, 15) is 5.11 Å². The van der Waals surface area contributed by atoms with Crippen molar-refractivity contribution in [3.63, 3.8) is 0 Å². The third kappa shape index (κ3) is 4.06. The number of methoxy groups -OCH3 is 1. The molecule has 0 radical (unpaired) electrons. The Balaban J connectivity index is 1.46. The molecule has 144 valence electrons. The van der Waals surface area contributed by atoms with E-state index in [0.717, 1.165) is 11.1 Å². The Kier molecular flexibility index (Phi) is 5.83. The van der Waals surface area contributed by atoms with E-state index in [1.807, 2.05) is 60.7 Å². The second-order valence-electron chi connectivity index (χ2n) is 6.84. The van der Waals surface area contributed by atoms with E-state index < -0.39 is 30.8 Å². The van der Waals surface area contributed by atoms with Gasteiger partial charge in [0.05, 0.1) is 12.6 Å². The monoisotopic (exact) mass is 371 g/mol. The molecule has 6 heteroatoms. The summed E-state index contributed by atoms with van der Waals surface area (Å²) in [4.78, 5) is 0. The molecule has 0 bridgehead atoms. The number of hydrogen-bond donors (Lipinski definition) is 2. The molecule has 2 heterocycles. The lowest BCUT2D eigenvalue weighted by molar-refractivity contribution is -0.341. The van der Waals surface area contributed by atoms with Crippen molar-refractivity contribution in [2.24, 2.45) is 0 Å². The van der Waals surface area contributed by atoms with Gasteiger partial charge in [-0.3, -0.25) is 0 Å². The predicted octanol–water partition coefficient (Wildman–Crippen LogP) is 1.99. The number of fused-ring (bicyclic) bond motifs is 1. The van der Waals surface area contributed by atoms with Gasteiger partial charge in [0.1, 0.15) is 18.3 Å². The predicted molar refractivity (Wildman–Crippen MR) is 98.8 cm³/mol. The number of nitrogens with one attached hydrogen (secondary N) is 1. The summed E-state index contributed by atoms with van der Waals surface area (Å²) in [5, 5.41) is 14.4. The van der Waals surface area contributed by atoms with Gasteiger partial charge in [-0.05, 0) is 5.56 Å². The van der Waals surface area contributed by atoms with Crippen LogP contribution in [-0.2, 0) is 25.5 Å². The zero-order chi connectivity index (χ0) is 18.6. The Morgan fingerprint density at radius 1 is 1.04 bits per heavy atom. The molecule has 6 unspecified atom stereocenters. The number of rotatable bonds is 5. The molecular formula is C21H25NO5. The lowest BCUT2D eigenvalue weighted by atomic mass is 9.95. The van der Waals surface area contributed by atoms with Crippen molar-refractivity contribution in [1.29, 1.82) is 0 Å². The lowest BCUT2D eigenvalue weighted by Crippen LogP contribution is -2.65. The molecule has 2 aromatic rings. The highest BCUT2D eigenvalue weighted by molar-refractivity contribution is 5.17. The minimum Gasteiger partial charge on any atom is -0.388 e. The molecule has 6 atom stereocenters. The summed E-state index contributed by atoms with van der Waals surface area (Å²) in [5.41, 5.74) is 2.04. The van der Waals surface area contributed by atoms with Gasteiger partial charge < -0.3 is 29.4 Å². The van der Waals surface area contributed by atoms with Crippen molar-refractivity contribution in [2.75, 3.05) is 13.7 Å². The first kappa shape index (κ1) is 18.6. The average Bonchev–Trinajstić information content (AvgIpc) is 2.74. The van der Waals surface area contributed by atoms with Gasteiger partial charge in [-0.25, -0.2) is 0 Å². The van der Waals surface area contributed by atoms with E-state index in [-0.39, 0.29) is 6.10 Å². The van der Waals surface area contributed by atoms with Crippen LogP contribution in [0.15, 0.2) is 60.7 Å². The maximum absolute atomic E-state index is 11.0. The average molecular weight is 371 g/mol. The maximum Gasteiger partial charge on any atom is 0.184 e. The molecule has 0 aromatic heterocycles. The molecule has 0 amide bonds. The van der Waals surface area contributed by atoms with E-state index in [1.54, 1.807) is 7.11 Å². The maximum atomic E-state index is 11.0. The topological polar surface area (TPSA) is 69.2 Å². The summed E-state index contributed by atoms with van der Waals surface area (Å²) in [5.74, 6) is 0. The first-order valence-electron chi connectivity index (χ1n) is 9.22. The van der Waals surface area contributed by atoms with Crippen LogP contribution < -0.4 is 5.32 Å². The van der Waals surface area contributed by atoms with Gasteiger partial charge >= 0.3 is 0 Å². The summed E-state index contributed by atoms with van der Waals surface area (Å²) in [6.45, 7) is 0.939. The molecule has 2 saturated heterocycles. The molecule has 2 fully saturated rings. The van der Waals surface area contributed by atoms with Crippen LogP contribution in [0.1, 0.15) is 17.4 Å². The summed E-state index contributed by atoms with van der Waals surface area (Å²) in [7, 11) is 1.58. The van der Waals surface area contributed by atoms with E-state index in [0.29, 0.717) is 13.2 Å². The zero-order valence-corrected chi connectivity index (χ0v) is 15.2. The Hall–Kier alpha value is -1.80. The molecule has 2 N–H and O–H groups in total. The number of aliphatic hydroxyl groups excluding tert-OH is 1. The second-order valence-corrected chi connectivity index (χ2v) is 6.84. The summed E-state index contributed by atoms with van der Waals surface area (Å²) in [6, 6.07) is 19.3. The van der Waals surface area contributed by atoms with Crippen molar-refractivity contribution in [3.05, 3.63) is 71.8 Å². The molecule has 0 aliphatic carbocycles. The number of benzene rings is 2. The minimum atomic E-state index is -0.785. The number of aliphatic hydroxyl groups is 1. The van der Waals surface area contributed by atoms with Gasteiger partial charge in [0.25, 0.3) is 0 Å². The third-order valence-electron chi connectivity index (χ3n) is 5.05. The first-order valence-corrected chi connectivity index (χ1v) is 9.22. The molecule has 6 nitrogen and oxygen atoms in total. The molecule has 27 heavy (non-hydrogen) atoms. The Morgan fingerprint density at radius 3 is 2.44 bits per heavy atom. The fourth-order valence-corrected chi connectivity index (χ4v) is 3.62. The fourth-order valence-electron chi connectivity index (χ4n) is 3.62. The molecule has 2 aliphatic heterocycles. The smallest absolute Gasteiger partial charge is 0.184 e. The molecule has 0 saturated carbocycles. The fraction of sp³-hybridized carbons (Fsp3) is 0.429. The Morgan fingerprint density at radius 2 is 1.74 bits per heavy atom. The van der Waals surface area contributed by atoms with E-state index >= 15 is 0 Å². The molecule has 2 aliphatic rings. The van der Waals surface area contributed by atoms with Crippen molar-refractivity contribution >= 4 is 0 Å². The number of ether oxygens (including phenoxy) is 4. The van der Waals surface area contributed by atoms with Crippen LogP contribution in [0.4, 0.5) is 0 Å². The second kappa shape index (κ2) is 8.48. The lowest BCUT2D eigenvalue weighted by Gasteiger charge is -2.47. The van der Waals surface area contributed by atoms with E-state index in [2.05, 4.69) is 5.32 Å². The van der Waals surface area contributed by atoms with Gasteiger partial charge in [0, 0.05) is 19.2 Å². The van der Waals surface area contributed by atoms with Gasteiger partial charge in [-0.15, -0.1) is 0 Å². The quantitative estimate of drug-likeness (QED) is 0.838. The van der Waals surface area contributed by atoms with Crippen molar-refractivity contribution in [3.8, 4) is 0 Å². The molecular weight excluding hydrogens is 346 g/mol.